The number of rotatable bonds is 9. The third kappa shape index (κ3) is 7.16. The zero-order valence-corrected chi connectivity index (χ0v) is 18.9. The topological polar surface area (TPSA) is 128 Å². The minimum Gasteiger partial charge on any atom is -0.490 e. The Morgan fingerprint density at radius 2 is 1.77 bits per heavy atom. The second kappa shape index (κ2) is 12.0. The van der Waals surface area contributed by atoms with E-state index in [2.05, 4.69) is 20.6 Å². The molecule has 0 atom stereocenters. The molecule has 10 nitrogen and oxygen atoms in total. The van der Waals surface area contributed by atoms with E-state index in [-0.39, 0.29) is 18.1 Å². The van der Waals surface area contributed by atoms with E-state index < -0.39 is 23.6 Å². The molecule has 3 rings (SSSR count). The Bertz CT molecular complexity index is 1220. The highest BCUT2D eigenvalue weighted by molar-refractivity contribution is 6.39. The van der Waals surface area contributed by atoms with Crippen molar-refractivity contribution < 1.29 is 37.4 Å². The summed E-state index contributed by atoms with van der Waals surface area (Å²) >= 11 is 0. The van der Waals surface area contributed by atoms with E-state index in [1.807, 2.05) is 0 Å². The lowest BCUT2D eigenvalue weighted by Crippen LogP contribution is -2.32. The molecule has 0 bridgehead atoms. The standard InChI is InChI=1S/C24H22FN3O7/c1-3-33-21-12-15(4-10-19(21)34-14-18-9-11-20(35-18)24(31)32-2)13-26-28-23(30)22(29)27-17-7-5-16(25)6-8-17/h4-13H,3,14H2,1-2H3,(H,27,29)(H,28,30)/b26-13+. The van der Waals surface area contributed by atoms with Crippen LogP contribution in [-0.2, 0) is 20.9 Å². The Balaban J connectivity index is 1.58. The van der Waals surface area contributed by atoms with Crippen LogP contribution in [0, 0.1) is 5.82 Å². The number of nitrogens with one attached hydrogen (secondary N) is 2. The summed E-state index contributed by atoms with van der Waals surface area (Å²) in [5, 5.41) is 6.10. The zero-order valence-electron chi connectivity index (χ0n) is 18.9. The van der Waals surface area contributed by atoms with E-state index in [9.17, 15) is 18.8 Å². The Kier molecular flexibility index (Phi) is 8.54. The van der Waals surface area contributed by atoms with E-state index in [0.29, 0.717) is 29.4 Å². The van der Waals surface area contributed by atoms with Crippen LogP contribution in [0.1, 0.15) is 28.8 Å². The number of carbonyl (C=O) groups is 3. The molecule has 35 heavy (non-hydrogen) atoms. The number of benzene rings is 2. The largest absolute Gasteiger partial charge is 0.490 e. The van der Waals surface area contributed by atoms with Crippen molar-refractivity contribution >= 4 is 29.7 Å². The van der Waals surface area contributed by atoms with Gasteiger partial charge in [-0.1, -0.05) is 0 Å². The maximum Gasteiger partial charge on any atom is 0.373 e. The van der Waals surface area contributed by atoms with Crippen molar-refractivity contribution in [1.29, 1.82) is 0 Å². The van der Waals surface area contributed by atoms with Gasteiger partial charge in [-0.3, -0.25) is 9.59 Å². The Labute approximate surface area is 199 Å². The van der Waals surface area contributed by atoms with Crippen LogP contribution in [0.15, 0.2) is 64.1 Å². The van der Waals surface area contributed by atoms with Crippen molar-refractivity contribution in [3.8, 4) is 11.5 Å². The monoisotopic (exact) mass is 483 g/mol. The predicted molar refractivity (Wildman–Crippen MR) is 123 cm³/mol. The molecule has 0 aliphatic heterocycles. The van der Waals surface area contributed by atoms with E-state index in [1.54, 1.807) is 31.2 Å². The molecule has 1 heterocycles. The fourth-order valence-corrected chi connectivity index (χ4v) is 2.74. The van der Waals surface area contributed by atoms with Crippen LogP contribution in [-0.4, -0.2) is 37.7 Å². The molecule has 0 aliphatic rings. The molecule has 2 amide bonds. The number of hydrazone groups is 1. The van der Waals surface area contributed by atoms with Crippen LogP contribution in [0.25, 0.3) is 0 Å². The molecule has 3 aromatic rings. The predicted octanol–water partition coefficient (Wildman–Crippen LogP) is 3.27. The van der Waals surface area contributed by atoms with Gasteiger partial charge in [0.1, 0.15) is 18.2 Å². The lowest BCUT2D eigenvalue weighted by molar-refractivity contribution is -0.136. The molecule has 0 saturated carbocycles. The normalized spacial score (nSPS) is 10.6. The summed E-state index contributed by atoms with van der Waals surface area (Å²) in [5.41, 5.74) is 2.94. The molecule has 0 spiro atoms. The van der Waals surface area contributed by atoms with Gasteiger partial charge in [-0.15, -0.1) is 0 Å². The van der Waals surface area contributed by atoms with Gasteiger partial charge in [-0.25, -0.2) is 14.6 Å². The SMILES string of the molecule is CCOc1cc(/C=N/NC(=O)C(=O)Nc2ccc(F)cc2)ccc1OCc1ccc(C(=O)OC)o1. The third-order valence-electron chi connectivity index (χ3n) is 4.37. The summed E-state index contributed by atoms with van der Waals surface area (Å²) in [6.45, 7) is 2.22. The quantitative estimate of drug-likeness (QED) is 0.207. The van der Waals surface area contributed by atoms with Gasteiger partial charge in [-0.2, -0.15) is 5.10 Å². The van der Waals surface area contributed by atoms with Crippen molar-refractivity contribution in [2.45, 2.75) is 13.5 Å². The maximum atomic E-state index is 12.9. The van der Waals surface area contributed by atoms with Crippen molar-refractivity contribution in [3.63, 3.8) is 0 Å². The first kappa shape index (κ1) is 25.0. The van der Waals surface area contributed by atoms with Gasteiger partial charge < -0.3 is 23.9 Å². The molecule has 0 radical (unpaired) electrons. The van der Waals surface area contributed by atoms with Crippen LogP contribution in [0.4, 0.5) is 10.1 Å². The number of hydrogen-bond donors (Lipinski definition) is 2. The fourth-order valence-electron chi connectivity index (χ4n) is 2.74. The summed E-state index contributed by atoms with van der Waals surface area (Å²) in [4.78, 5) is 35.3. The molecule has 0 unspecified atom stereocenters. The first-order valence-corrected chi connectivity index (χ1v) is 10.4. The van der Waals surface area contributed by atoms with Gasteiger partial charge >= 0.3 is 17.8 Å². The minimum absolute atomic E-state index is 0.0454. The van der Waals surface area contributed by atoms with E-state index in [1.165, 1.54) is 31.5 Å². The van der Waals surface area contributed by atoms with Crippen molar-refractivity contribution in [2.24, 2.45) is 5.10 Å². The molecule has 1 aromatic heterocycles. The molecule has 2 aromatic carbocycles. The highest BCUT2D eigenvalue weighted by Gasteiger charge is 2.14. The summed E-state index contributed by atoms with van der Waals surface area (Å²) in [5.74, 6) is -1.69. The highest BCUT2D eigenvalue weighted by Crippen LogP contribution is 2.29. The first-order chi connectivity index (χ1) is 16.9. The van der Waals surface area contributed by atoms with E-state index in [4.69, 9.17) is 13.9 Å². The number of furan rings is 1. The Morgan fingerprint density at radius 1 is 1.00 bits per heavy atom. The summed E-state index contributed by atoms with van der Waals surface area (Å²) < 4.78 is 34.2. The molecular formula is C24H22FN3O7. The van der Waals surface area contributed by atoms with Crippen molar-refractivity contribution in [2.75, 3.05) is 19.0 Å². The minimum atomic E-state index is -1.000. The van der Waals surface area contributed by atoms with Crippen LogP contribution < -0.4 is 20.2 Å². The number of methoxy groups -OCH3 is 1. The second-order valence-electron chi connectivity index (χ2n) is 6.85. The fraction of sp³-hybridized carbons (Fsp3) is 0.167. The average molecular weight is 483 g/mol. The van der Waals surface area contributed by atoms with Crippen LogP contribution in [0.2, 0.25) is 0 Å². The van der Waals surface area contributed by atoms with Gasteiger partial charge in [-0.05, 0) is 67.1 Å². The summed E-state index contributed by atoms with van der Waals surface area (Å²) in [6.07, 6.45) is 1.32. The molecule has 182 valence electrons. The Morgan fingerprint density at radius 3 is 2.49 bits per heavy atom. The number of anilines is 1. The van der Waals surface area contributed by atoms with E-state index >= 15 is 0 Å². The number of carbonyl (C=O) groups excluding carboxylic acids is 3. The molecule has 0 saturated heterocycles. The molecular weight excluding hydrogens is 461 g/mol. The second-order valence-corrected chi connectivity index (χ2v) is 6.85. The zero-order chi connectivity index (χ0) is 25.2. The number of ether oxygens (including phenoxy) is 3. The Hall–Kier alpha value is -4.67. The van der Waals surface area contributed by atoms with Crippen molar-refractivity contribution in [3.05, 3.63) is 77.5 Å². The van der Waals surface area contributed by atoms with Gasteiger partial charge in [0.05, 0.1) is 19.9 Å². The molecule has 11 heteroatoms. The van der Waals surface area contributed by atoms with Crippen LogP contribution >= 0.6 is 0 Å². The van der Waals surface area contributed by atoms with Crippen LogP contribution in [0.3, 0.4) is 0 Å². The summed E-state index contributed by atoms with van der Waals surface area (Å²) in [7, 11) is 1.26. The van der Waals surface area contributed by atoms with E-state index in [0.717, 1.165) is 12.1 Å². The number of nitrogens with zero attached hydrogens (tertiary/aromatic N) is 1. The number of halogens is 1. The molecule has 0 aliphatic carbocycles. The van der Waals surface area contributed by atoms with Gasteiger partial charge in [0.25, 0.3) is 0 Å². The molecule has 0 fully saturated rings. The molecule has 2 N–H and O–H groups in total. The summed E-state index contributed by atoms with van der Waals surface area (Å²) in [6, 6.07) is 13.0. The number of esters is 1. The van der Waals surface area contributed by atoms with Gasteiger partial charge in [0.15, 0.2) is 11.5 Å². The van der Waals surface area contributed by atoms with Crippen LogP contribution in [0.5, 0.6) is 11.5 Å². The number of amides is 2. The van der Waals surface area contributed by atoms with Gasteiger partial charge in [0.2, 0.25) is 5.76 Å². The highest BCUT2D eigenvalue weighted by atomic mass is 19.1. The first-order valence-electron chi connectivity index (χ1n) is 10.4. The van der Waals surface area contributed by atoms with Crippen molar-refractivity contribution in [1.82, 2.24) is 5.43 Å². The third-order valence-corrected chi connectivity index (χ3v) is 4.37. The lowest BCUT2D eigenvalue weighted by atomic mass is 10.2. The lowest BCUT2D eigenvalue weighted by Gasteiger charge is -2.11. The average Bonchev–Trinajstić information content (AvgIpc) is 3.33. The number of hydrogen-bond acceptors (Lipinski definition) is 8. The smallest absolute Gasteiger partial charge is 0.373 e. The van der Waals surface area contributed by atoms with Gasteiger partial charge in [0, 0.05) is 5.69 Å². The maximum absolute atomic E-state index is 12.9.